The molecule has 0 spiro atoms. The van der Waals surface area contributed by atoms with Gasteiger partial charge in [-0.1, -0.05) is 45.4 Å². The number of rotatable bonds is 0. The maximum atomic E-state index is 11.0. The first kappa shape index (κ1) is 11.1. The molecule has 4 atom stereocenters. The largest absolute Gasteiger partial charge is 0.389 e. The highest BCUT2D eigenvalue weighted by Crippen LogP contribution is 2.58. The van der Waals surface area contributed by atoms with Gasteiger partial charge in [0.2, 0.25) is 0 Å². The fraction of sp³-hybridized carbons (Fsp3) is 1.00. The van der Waals surface area contributed by atoms with E-state index in [-0.39, 0.29) is 11.0 Å². The number of hydrogen-bond donors (Lipinski definition) is 1. The average molecular weight is 222 g/mol. The Hall–Kier alpha value is -0.0400. The maximum Gasteiger partial charge on any atom is 0.0703 e. The van der Waals surface area contributed by atoms with Crippen LogP contribution in [0.4, 0.5) is 0 Å². The number of aliphatic hydroxyl groups is 1. The summed E-state index contributed by atoms with van der Waals surface area (Å²) in [5, 5.41) is 11.0. The summed E-state index contributed by atoms with van der Waals surface area (Å²) >= 11 is 0. The van der Waals surface area contributed by atoms with Gasteiger partial charge in [0.1, 0.15) is 0 Å². The SMILES string of the molecule is CC12CCCCC1(O)CC1CCCCC1C2. The third-order valence-corrected chi connectivity index (χ3v) is 6.07. The molecule has 4 unspecified atom stereocenters. The zero-order valence-corrected chi connectivity index (χ0v) is 10.7. The predicted molar refractivity (Wildman–Crippen MR) is 66.2 cm³/mol. The molecule has 0 aliphatic heterocycles. The van der Waals surface area contributed by atoms with Crippen LogP contribution in [0.2, 0.25) is 0 Å². The van der Waals surface area contributed by atoms with E-state index in [2.05, 4.69) is 6.92 Å². The van der Waals surface area contributed by atoms with Gasteiger partial charge in [-0.2, -0.15) is 0 Å². The highest BCUT2D eigenvalue weighted by Gasteiger charge is 2.54. The molecule has 3 rings (SSSR count). The molecular formula is C15H26O. The molecule has 3 saturated carbocycles. The van der Waals surface area contributed by atoms with Crippen LogP contribution in [0.1, 0.15) is 71.1 Å². The lowest BCUT2D eigenvalue weighted by Crippen LogP contribution is -2.55. The van der Waals surface area contributed by atoms with E-state index < -0.39 is 0 Å². The van der Waals surface area contributed by atoms with Crippen molar-refractivity contribution in [1.82, 2.24) is 0 Å². The van der Waals surface area contributed by atoms with Crippen LogP contribution >= 0.6 is 0 Å². The molecule has 0 radical (unpaired) electrons. The molecule has 0 aromatic carbocycles. The van der Waals surface area contributed by atoms with Gasteiger partial charge in [-0.05, 0) is 42.9 Å². The third kappa shape index (κ3) is 1.54. The van der Waals surface area contributed by atoms with E-state index >= 15 is 0 Å². The smallest absolute Gasteiger partial charge is 0.0703 e. The minimum Gasteiger partial charge on any atom is -0.389 e. The first-order valence-corrected chi connectivity index (χ1v) is 7.35. The van der Waals surface area contributed by atoms with Gasteiger partial charge in [0.25, 0.3) is 0 Å². The first-order valence-electron chi connectivity index (χ1n) is 7.35. The molecule has 0 bridgehead atoms. The minimum atomic E-state index is -0.302. The van der Waals surface area contributed by atoms with Gasteiger partial charge in [-0.3, -0.25) is 0 Å². The molecule has 0 aromatic heterocycles. The van der Waals surface area contributed by atoms with Crippen molar-refractivity contribution in [2.24, 2.45) is 17.3 Å². The molecule has 0 heterocycles. The van der Waals surface area contributed by atoms with Crippen molar-refractivity contribution in [1.29, 1.82) is 0 Å². The normalized spacial score (nSPS) is 52.9. The van der Waals surface area contributed by atoms with Crippen LogP contribution < -0.4 is 0 Å². The zero-order valence-electron chi connectivity index (χ0n) is 10.7. The lowest BCUT2D eigenvalue weighted by Gasteiger charge is -2.57. The molecule has 1 nitrogen and oxygen atoms in total. The topological polar surface area (TPSA) is 20.2 Å². The summed E-state index contributed by atoms with van der Waals surface area (Å²) in [6.45, 7) is 2.37. The fourth-order valence-corrected chi connectivity index (χ4v) is 4.94. The molecule has 1 heteroatoms. The Morgan fingerprint density at radius 1 is 0.875 bits per heavy atom. The van der Waals surface area contributed by atoms with Crippen LogP contribution in [0.25, 0.3) is 0 Å². The Labute approximate surface area is 99.6 Å². The quantitative estimate of drug-likeness (QED) is 0.659. The lowest BCUT2D eigenvalue weighted by molar-refractivity contribution is -0.166. The van der Waals surface area contributed by atoms with Gasteiger partial charge in [0.05, 0.1) is 5.60 Å². The molecule has 3 fully saturated rings. The highest BCUT2D eigenvalue weighted by molar-refractivity contribution is 5.05. The second-order valence-electron chi connectivity index (χ2n) is 7.01. The van der Waals surface area contributed by atoms with Crippen molar-refractivity contribution in [2.45, 2.75) is 76.7 Å². The second kappa shape index (κ2) is 3.73. The van der Waals surface area contributed by atoms with Gasteiger partial charge in [-0.15, -0.1) is 0 Å². The number of hydrogen-bond acceptors (Lipinski definition) is 1. The fourth-order valence-electron chi connectivity index (χ4n) is 4.94. The molecule has 3 aliphatic rings. The van der Waals surface area contributed by atoms with E-state index in [1.807, 2.05) is 0 Å². The summed E-state index contributed by atoms with van der Waals surface area (Å²) in [5.41, 5.74) is -0.0481. The van der Waals surface area contributed by atoms with Crippen molar-refractivity contribution in [2.75, 3.05) is 0 Å². The Kier molecular flexibility index (Phi) is 2.58. The van der Waals surface area contributed by atoms with Crippen LogP contribution in [0.3, 0.4) is 0 Å². The minimum absolute atomic E-state index is 0.254. The standard InChI is InChI=1S/C15H26O/c1-14-8-4-5-9-15(14,16)11-13-7-3-2-6-12(13)10-14/h12-13,16H,2-11H2,1H3. The molecule has 92 valence electrons. The van der Waals surface area contributed by atoms with E-state index in [0.29, 0.717) is 0 Å². The predicted octanol–water partition coefficient (Wildman–Crippen LogP) is 3.90. The van der Waals surface area contributed by atoms with Gasteiger partial charge in [-0.25, -0.2) is 0 Å². The molecule has 0 amide bonds. The zero-order chi connectivity index (χ0) is 11.2. The third-order valence-electron chi connectivity index (χ3n) is 6.07. The summed E-state index contributed by atoms with van der Waals surface area (Å²) in [6, 6.07) is 0. The Bertz CT molecular complexity index is 247. The van der Waals surface area contributed by atoms with Crippen molar-refractivity contribution in [3.05, 3.63) is 0 Å². The van der Waals surface area contributed by atoms with Crippen molar-refractivity contribution < 1.29 is 5.11 Å². The lowest BCUT2D eigenvalue weighted by atomic mass is 9.51. The molecular weight excluding hydrogens is 196 g/mol. The molecule has 0 aromatic rings. The summed E-state index contributed by atoms with van der Waals surface area (Å²) in [7, 11) is 0. The number of fused-ring (bicyclic) bond motifs is 2. The average Bonchev–Trinajstić information content (AvgIpc) is 2.26. The van der Waals surface area contributed by atoms with Gasteiger partial charge >= 0.3 is 0 Å². The van der Waals surface area contributed by atoms with E-state index in [1.54, 1.807) is 0 Å². The molecule has 3 aliphatic carbocycles. The molecule has 0 saturated heterocycles. The second-order valence-corrected chi connectivity index (χ2v) is 7.01. The van der Waals surface area contributed by atoms with Crippen LogP contribution in [0.15, 0.2) is 0 Å². The Morgan fingerprint density at radius 3 is 2.25 bits per heavy atom. The summed E-state index contributed by atoms with van der Waals surface area (Å²) in [6.07, 6.45) is 13.1. The van der Waals surface area contributed by atoms with Gasteiger partial charge < -0.3 is 5.11 Å². The van der Waals surface area contributed by atoms with Crippen LogP contribution in [0, 0.1) is 17.3 Å². The van der Waals surface area contributed by atoms with Crippen LogP contribution in [0.5, 0.6) is 0 Å². The van der Waals surface area contributed by atoms with E-state index in [9.17, 15) is 5.11 Å². The first-order chi connectivity index (χ1) is 7.63. The van der Waals surface area contributed by atoms with Crippen LogP contribution in [-0.4, -0.2) is 10.7 Å². The summed E-state index contributed by atoms with van der Waals surface area (Å²) in [4.78, 5) is 0. The van der Waals surface area contributed by atoms with E-state index in [4.69, 9.17) is 0 Å². The monoisotopic (exact) mass is 222 g/mol. The van der Waals surface area contributed by atoms with Crippen LogP contribution in [-0.2, 0) is 0 Å². The highest BCUT2D eigenvalue weighted by atomic mass is 16.3. The van der Waals surface area contributed by atoms with Gasteiger partial charge in [0, 0.05) is 0 Å². The van der Waals surface area contributed by atoms with E-state index in [1.165, 1.54) is 51.4 Å². The van der Waals surface area contributed by atoms with Gasteiger partial charge in [0.15, 0.2) is 0 Å². The Morgan fingerprint density at radius 2 is 1.50 bits per heavy atom. The van der Waals surface area contributed by atoms with Crippen molar-refractivity contribution in [3.8, 4) is 0 Å². The summed E-state index contributed by atoms with van der Waals surface area (Å²) < 4.78 is 0. The maximum absolute atomic E-state index is 11.0. The Balaban J connectivity index is 1.84. The van der Waals surface area contributed by atoms with Crippen molar-refractivity contribution >= 4 is 0 Å². The van der Waals surface area contributed by atoms with E-state index in [0.717, 1.165) is 24.7 Å². The van der Waals surface area contributed by atoms with Crippen molar-refractivity contribution in [3.63, 3.8) is 0 Å². The molecule has 1 N–H and O–H groups in total. The summed E-state index contributed by atoms with van der Waals surface area (Å²) in [5.74, 6) is 1.79. The molecule has 16 heavy (non-hydrogen) atoms.